The predicted molar refractivity (Wildman–Crippen MR) is 277 cm³/mol. The van der Waals surface area contributed by atoms with E-state index in [-0.39, 0.29) is 11.6 Å². The minimum Gasteiger partial charge on any atom is -0.294 e. The Hall–Kier alpha value is -3.40. The monoisotopic (exact) mass is 873 g/mol. The SMILES string of the molecule is CCCCCCCCCCCCCCCCCCc1cccc2cc(C(=O)CCCCC(=O)c3cnc4c(CCCCCCCCCCCCCCCCCC)cccc4c3)cnc12. The van der Waals surface area contributed by atoms with Crippen LogP contribution in [0.25, 0.3) is 21.8 Å². The fourth-order valence-corrected chi connectivity index (χ4v) is 9.74. The smallest absolute Gasteiger partial charge is 0.164 e. The van der Waals surface area contributed by atoms with E-state index in [4.69, 9.17) is 9.97 Å². The number of benzene rings is 2. The van der Waals surface area contributed by atoms with Crippen LogP contribution < -0.4 is 0 Å². The molecule has 2 aromatic carbocycles. The zero-order valence-electron chi connectivity index (χ0n) is 41.4. The topological polar surface area (TPSA) is 59.9 Å². The molecule has 4 nitrogen and oxygen atoms in total. The Balaban J connectivity index is 1.04. The highest BCUT2D eigenvalue weighted by molar-refractivity contribution is 6.00. The lowest BCUT2D eigenvalue weighted by molar-refractivity contribution is 0.0954. The van der Waals surface area contributed by atoms with Crippen LogP contribution in [0.4, 0.5) is 0 Å². The number of ketones is 2. The summed E-state index contributed by atoms with van der Waals surface area (Å²) in [5, 5.41) is 2.10. The maximum absolute atomic E-state index is 13.2. The summed E-state index contributed by atoms with van der Waals surface area (Å²) in [6.45, 7) is 4.58. The molecule has 0 N–H and O–H groups in total. The van der Waals surface area contributed by atoms with E-state index in [2.05, 4.69) is 50.2 Å². The molecule has 2 aromatic heterocycles. The number of carbonyl (C=O) groups excluding carboxylic acids is 2. The number of para-hydroxylation sites is 2. The molecule has 2 heterocycles. The summed E-state index contributed by atoms with van der Waals surface area (Å²) in [5.74, 6) is 0.212. The second-order valence-electron chi connectivity index (χ2n) is 19.6. The molecule has 0 radical (unpaired) electrons. The zero-order valence-corrected chi connectivity index (χ0v) is 41.4. The Bertz CT molecular complexity index is 1700. The number of nitrogens with zero attached hydrogens (tertiary/aromatic N) is 2. The first-order chi connectivity index (χ1) is 31.6. The molecule has 0 aliphatic carbocycles. The molecule has 64 heavy (non-hydrogen) atoms. The average molecular weight is 873 g/mol. The first-order valence-corrected chi connectivity index (χ1v) is 27.4. The molecule has 0 saturated heterocycles. The van der Waals surface area contributed by atoms with Gasteiger partial charge in [-0.3, -0.25) is 19.6 Å². The summed E-state index contributed by atoms with van der Waals surface area (Å²) in [6, 6.07) is 16.8. The number of aromatic nitrogens is 2. The Morgan fingerprint density at radius 3 is 0.938 bits per heavy atom. The van der Waals surface area contributed by atoms with Crippen LogP contribution in [-0.2, 0) is 12.8 Å². The lowest BCUT2D eigenvalue weighted by atomic mass is 9.98. The van der Waals surface area contributed by atoms with Gasteiger partial charge in [-0.2, -0.15) is 0 Å². The molecule has 0 saturated carbocycles. The fraction of sp³-hybridized carbons (Fsp3) is 0.667. The third-order valence-electron chi connectivity index (χ3n) is 13.9. The van der Waals surface area contributed by atoms with E-state index in [0.29, 0.717) is 36.8 Å². The number of carbonyl (C=O) groups is 2. The van der Waals surface area contributed by atoms with Crippen LogP contribution >= 0.6 is 0 Å². The largest absolute Gasteiger partial charge is 0.294 e. The normalized spacial score (nSPS) is 11.6. The van der Waals surface area contributed by atoms with Gasteiger partial charge in [-0.05, 0) is 61.8 Å². The molecule has 0 aliphatic rings. The summed E-state index contributed by atoms with van der Waals surface area (Å²) in [5.41, 5.74) is 5.98. The van der Waals surface area contributed by atoms with Crippen molar-refractivity contribution in [2.45, 2.75) is 258 Å². The fourth-order valence-electron chi connectivity index (χ4n) is 9.74. The van der Waals surface area contributed by atoms with Crippen LogP contribution in [0.5, 0.6) is 0 Å². The van der Waals surface area contributed by atoms with Crippen molar-refractivity contribution in [3.05, 3.63) is 83.2 Å². The van der Waals surface area contributed by atoms with E-state index in [0.717, 1.165) is 34.6 Å². The standard InChI is InChI=1S/C60H92N2O2/c1-3-5-7-9-11-13-15-17-19-21-23-25-27-29-31-33-39-51-41-37-43-53-47-55(49-61-59(51)53)57(63)45-35-36-46-58(64)56-48-54-44-38-42-52(60(54)62-50-56)40-34-32-30-28-26-24-22-20-18-16-14-12-10-8-6-4-2/h37-38,41-44,47-50H,3-36,39-40,45-46H2,1-2H3. The highest BCUT2D eigenvalue weighted by Gasteiger charge is 2.13. The van der Waals surface area contributed by atoms with Gasteiger partial charge in [-0.1, -0.05) is 243 Å². The van der Waals surface area contributed by atoms with Crippen LogP contribution in [-0.4, -0.2) is 21.5 Å². The number of unbranched alkanes of at least 4 members (excludes halogenated alkanes) is 31. The van der Waals surface area contributed by atoms with Gasteiger partial charge in [0.2, 0.25) is 0 Å². The second-order valence-corrected chi connectivity index (χ2v) is 19.6. The minimum absolute atomic E-state index is 0.106. The molecule has 0 atom stereocenters. The maximum atomic E-state index is 13.2. The number of pyridine rings is 2. The Kier molecular flexibility index (Phi) is 29.0. The third-order valence-corrected chi connectivity index (χ3v) is 13.9. The molecule has 4 aromatic rings. The molecule has 0 spiro atoms. The van der Waals surface area contributed by atoms with Gasteiger partial charge in [0.25, 0.3) is 0 Å². The van der Waals surface area contributed by atoms with Crippen molar-refractivity contribution in [1.82, 2.24) is 9.97 Å². The quantitative estimate of drug-likeness (QED) is 0.0329. The van der Waals surface area contributed by atoms with Crippen molar-refractivity contribution in [2.24, 2.45) is 0 Å². The van der Waals surface area contributed by atoms with E-state index in [1.807, 2.05) is 12.1 Å². The number of fused-ring (bicyclic) bond motifs is 2. The van der Waals surface area contributed by atoms with Crippen molar-refractivity contribution >= 4 is 33.4 Å². The number of hydrogen-bond acceptors (Lipinski definition) is 4. The number of hydrogen-bond donors (Lipinski definition) is 0. The average Bonchev–Trinajstić information content (AvgIpc) is 3.32. The maximum Gasteiger partial charge on any atom is 0.164 e. The van der Waals surface area contributed by atoms with Gasteiger partial charge in [0.1, 0.15) is 0 Å². The van der Waals surface area contributed by atoms with Gasteiger partial charge >= 0.3 is 0 Å². The number of rotatable bonds is 41. The van der Waals surface area contributed by atoms with Crippen molar-refractivity contribution < 1.29 is 9.59 Å². The van der Waals surface area contributed by atoms with Gasteiger partial charge in [0.15, 0.2) is 11.6 Å². The van der Waals surface area contributed by atoms with E-state index in [1.54, 1.807) is 12.4 Å². The molecule has 0 amide bonds. The van der Waals surface area contributed by atoms with Crippen LogP contribution in [0.1, 0.15) is 277 Å². The highest BCUT2D eigenvalue weighted by Crippen LogP contribution is 2.24. The molecule has 4 heteroatoms. The second kappa shape index (κ2) is 34.9. The Morgan fingerprint density at radius 2 is 0.641 bits per heavy atom. The van der Waals surface area contributed by atoms with Crippen molar-refractivity contribution in [3.8, 4) is 0 Å². The van der Waals surface area contributed by atoms with E-state index in [9.17, 15) is 9.59 Å². The molecular weight excluding hydrogens is 781 g/mol. The molecule has 0 unspecified atom stereocenters. The lowest BCUT2D eigenvalue weighted by Crippen LogP contribution is -2.03. The number of Topliss-reactive ketones (excluding diaryl/α,β-unsaturated/α-hetero) is 2. The lowest BCUT2D eigenvalue weighted by Gasteiger charge is -2.09. The first kappa shape index (κ1) is 53.2. The summed E-state index contributed by atoms with van der Waals surface area (Å²) in [7, 11) is 0. The van der Waals surface area contributed by atoms with E-state index in [1.165, 1.54) is 217 Å². The molecule has 4 rings (SSSR count). The summed E-state index contributed by atoms with van der Waals surface area (Å²) < 4.78 is 0. The molecule has 0 bridgehead atoms. The summed E-state index contributed by atoms with van der Waals surface area (Å²) >= 11 is 0. The van der Waals surface area contributed by atoms with Crippen LogP contribution in [0, 0.1) is 0 Å². The number of aryl methyl sites for hydroxylation is 2. The highest BCUT2D eigenvalue weighted by atomic mass is 16.1. The van der Waals surface area contributed by atoms with Crippen molar-refractivity contribution in [3.63, 3.8) is 0 Å². The van der Waals surface area contributed by atoms with Gasteiger partial charge in [0.05, 0.1) is 11.0 Å². The van der Waals surface area contributed by atoms with E-state index >= 15 is 0 Å². The van der Waals surface area contributed by atoms with Crippen molar-refractivity contribution in [1.29, 1.82) is 0 Å². The predicted octanol–water partition coefficient (Wildman–Crippen LogP) is 19.0. The van der Waals surface area contributed by atoms with Crippen LogP contribution in [0.15, 0.2) is 60.9 Å². The minimum atomic E-state index is 0.106. The summed E-state index contributed by atoms with van der Waals surface area (Å²) in [6.07, 6.45) is 52.0. The molecule has 0 aliphatic heterocycles. The van der Waals surface area contributed by atoms with Crippen LogP contribution in [0.2, 0.25) is 0 Å². The van der Waals surface area contributed by atoms with Gasteiger partial charge in [-0.15, -0.1) is 0 Å². The summed E-state index contributed by atoms with van der Waals surface area (Å²) in [4.78, 5) is 36.0. The first-order valence-electron chi connectivity index (χ1n) is 27.4. The van der Waals surface area contributed by atoms with Crippen molar-refractivity contribution in [2.75, 3.05) is 0 Å². The Morgan fingerprint density at radius 1 is 0.359 bits per heavy atom. The molecule has 0 fully saturated rings. The van der Waals surface area contributed by atoms with Gasteiger partial charge in [0, 0.05) is 47.1 Å². The third kappa shape index (κ3) is 22.2. The van der Waals surface area contributed by atoms with Gasteiger partial charge in [-0.25, -0.2) is 0 Å². The van der Waals surface area contributed by atoms with Gasteiger partial charge < -0.3 is 0 Å². The Labute approximate surface area is 392 Å². The molecule has 354 valence electrons. The zero-order chi connectivity index (χ0) is 45.1. The molecular formula is C60H92N2O2. The van der Waals surface area contributed by atoms with E-state index < -0.39 is 0 Å². The van der Waals surface area contributed by atoms with Crippen LogP contribution in [0.3, 0.4) is 0 Å².